The number of carbonyl (C=O) groups excluding carboxylic acids is 4. The summed E-state index contributed by atoms with van der Waals surface area (Å²) in [5.41, 5.74) is 10.5. The molecule has 0 aliphatic heterocycles. The molecule has 13 heteroatoms. The Labute approximate surface area is 160 Å². The number of thiol groups is 2. The predicted molar refractivity (Wildman–Crippen MR) is 98.6 cm³/mol. The van der Waals surface area contributed by atoms with Gasteiger partial charge in [0.15, 0.2) is 0 Å². The van der Waals surface area contributed by atoms with Gasteiger partial charge in [0, 0.05) is 17.9 Å². The highest BCUT2D eigenvalue weighted by atomic mass is 32.1. The van der Waals surface area contributed by atoms with Gasteiger partial charge >= 0.3 is 5.97 Å². The summed E-state index contributed by atoms with van der Waals surface area (Å²) < 4.78 is 0. The standard InChI is InChI=1S/C13H23N5O6S2/c14-6(4-25)11(22)18-8(5-26)13(24)17-7(1-2-9(15)19)12(23)16-3-10(20)21/h6-8,25-26H,1-5,14H2,(H2,15,19)(H,16,23)(H,17,24)(H,18,22)(H,20,21). The summed E-state index contributed by atoms with van der Waals surface area (Å²) in [4.78, 5) is 57.5. The van der Waals surface area contributed by atoms with Gasteiger partial charge in [-0.1, -0.05) is 0 Å². The lowest BCUT2D eigenvalue weighted by Crippen LogP contribution is -2.57. The van der Waals surface area contributed by atoms with Crippen molar-refractivity contribution in [2.75, 3.05) is 18.1 Å². The van der Waals surface area contributed by atoms with Crippen molar-refractivity contribution in [2.45, 2.75) is 31.0 Å². The Kier molecular flexibility index (Phi) is 11.4. The van der Waals surface area contributed by atoms with E-state index >= 15 is 0 Å². The van der Waals surface area contributed by atoms with Gasteiger partial charge in [0.2, 0.25) is 23.6 Å². The molecule has 148 valence electrons. The molecule has 3 unspecified atom stereocenters. The lowest BCUT2D eigenvalue weighted by molar-refractivity contribution is -0.138. The number of amides is 4. The van der Waals surface area contributed by atoms with E-state index in [0.29, 0.717) is 0 Å². The molecule has 0 bridgehead atoms. The van der Waals surface area contributed by atoms with E-state index < -0.39 is 54.3 Å². The van der Waals surface area contributed by atoms with E-state index in [1.165, 1.54) is 0 Å². The highest BCUT2D eigenvalue weighted by molar-refractivity contribution is 7.80. The fraction of sp³-hybridized carbons (Fsp3) is 0.615. The highest BCUT2D eigenvalue weighted by Gasteiger charge is 2.27. The third-order valence-electron chi connectivity index (χ3n) is 3.08. The Bertz CT molecular complexity index is 547. The van der Waals surface area contributed by atoms with Crippen molar-refractivity contribution in [3.8, 4) is 0 Å². The number of carboxylic acids is 1. The van der Waals surface area contributed by atoms with Crippen molar-refractivity contribution in [1.82, 2.24) is 16.0 Å². The topological polar surface area (TPSA) is 194 Å². The zero-order chi connectivity index (χ0) is 20.3. The van der Waals surface area contributed by atoms with Crippen LogP contribution in [0.4, 0.5) is 0 Å². The molecule has 11 nitrogen and oxygen atoms in total. The second-order valence-electron chi connectivity index (χ2n) is 5.21. The first-order valence-corrected chi connectivity index (χ1v) is 8.74. The van der Waals surface area contributed by atoms with Gasteiger partial charge in [0.1, 0.15) is 18.6 Å². The van der Waals surface area contributed by atoms with Crippen LogP contribution in [0.1, 0.15) is 12.8 Å². The molecule has 0 aromatic carbocycles. The molecule has 8 N–H and O–H groups in total. The van der Waals surface area contributed by atoms with Crippen LogP contribution < -0.4 is 27.4 Å². The molecule has 0 rings (SSSR count). The van der Waals surface area contributed by atoms with Crippen LogP contribution in [0.3, 0.4) is 0 Å². The zero-order valence-corrected chi connectivity index (χ0v) is 15.6. The minimum absolute atomic E-state index is 0.0611. The van der Waals surface area contributed by atoms with Crippen LogP contribution in [0.25, 0.3) is 0 Å². The molecular formula is C13H23N5O6S2. The van der Waals surface area contributed by atoms with Gasteiger partial charge < -0.3 is 32.5 Å². The number of aliphatic carboxylic acids is 1. The van der Waals surface area contributed by atoms with Crippen LogP contribution in [0, 0.1) is 0 Å². The monoisotopic (exact) mass is 409 g/mol. The molecule has 0 aliphatic rings. The molecule has 0 fully saturated rings. The molecule has 0 heterocycles. The fourth-order valence-electron chi connectivity index (χ4n) is 1.67. The summed E-state index contributed by atoms with van der Waals surface area (Å²) in [6, 6.07) is -3.25. The molecule has 0 aliphatic carbocycles. The van der Waals surface area contributed by atoms with E-state index in [1.807, 2.05) is 0 Å². The first-order chi connectivity index (χ1) is 12.1. The quantitative estimate of drug-likeness (QED) is 0.154. The second-order valence-corrected chi connectivity index (χ2v) is 5.94. The predicted octanol–water partition coefficient (Wildman–Crippen LogP) is -3.39. The second kappa shape index (κ2) is 12.4. The Morgan fingerprint density at radius 3 is 1.96 bits per heavy atom. The maximum Gasteiger partial charge on any atom is 0.322 e. The minimum atomic E-state index is -1.28. The summed E-state index contributed by atoms with van der Waals surface area (Å²) in [6.07, 6.45) is -0.357. The van der Waals surface area contributed by atoms with Gasteiger partial charge in [0.25, 0.3) is 0 Å². The number of carbonyl (C=O) groups is 5. The zero-order valence-electron chi connectivity index (χ0n) is 13.8. The number of carboxylic acid groups (broad SMARTS) is 1. The molecule has 26 heavy (non-hydrogen) atoms. The Balaban J connectivity index is 4.99. The van der Waals surface area contributed by atoms with Gasteiger partial charge in [0.05, 0.1) is 6.04 Å². The lowest BCUT2D eigenvalue weighted by Gasteiger charge is -2.22. The molecule has 0 aromatic rings. The van der Waals surface area contributed by atoms with Gasteiger partial charge in [-0.2, -0.15) is 25.3 Å². The van der Waals surface area contributed by atoms with Crippen molar-refractivity contribution in [2.24, 2.45) is 11.5 Å². The number of nitrogens with two attached hydrogens (primary N) is 2. The van der Waals surface area contributed by atoms with Crippen LogP contribution in [0.2, 0.25) is 0 Å². The van der Waals surface area contributed by atoms with Crippen LogP contribution in [0.15, 0.2) is 0 Å². The van der Waals surface area contributed by atoms with Crippen molar-refractivity contribution < 1.29 is 29.1 Å². The summed E-state index contributed by atoms with van der Waals surface area (Å²) in [7, 11) is 0. The Morgan fingerprint density at radius 2 is 1.50 bits per heavy atom. The minimum Gasteiger partial charge on any atom is -0.480 e. The normalized spacial score (nSPS) is 13.8. The first kappa shape index (κ1) is 24.0. The highest BCUT2D eigenvalue weighted by Crippen LogP contribution is 2.00. The molecule has 0 spiro atoms. The lowest BCUT2D eigenvalue weighted by atomic mass is 10.1. The smallest absolute Gasteiger partial charge is 0.322 e. The van der Waals surface area contributed by atoms with E-state index in [1.54, 1.807) is 0 Å². The first-order valence-electron chi connectivity index (χ1n) is 7.48. The number of hydrogen-bond acceptors (Lipinski definition) is 8. The molecule has 0 radical (unpaired) electrons. The summed E-state index contributed by atoms with van der Waals surface area (Å²) >= 11 is 7.84. The van der Waals surface area contributed by atoms with E-state index in [4.69, 9.17) is 16.6 Å². The molecule has 0 aromatic heterocycles. The molecule has 0 saturated carbocycles. The van der Waals surface area contributed by atoms with Crippen LogP contribution in [-0.4, -0.2) is 70.9 Å². The maximum absolute atomic E-state index is 12.3. The van der Waals surface area contributed by atoms with Gasteiger partial charge in [-0.15, -0.1) is 0 Å². The van der Waals surface area contributed by atoms with E-state index in [0.717, 1.165) is 0 Å². The van der Waals surface area contributed by atoms with Crippen molar-refractivity contribution in [3.05, 3.63) is 0 Å². The van der Waals surface area contributed by atoms with Crippen LogP contribution in [0.5, 0.6) is 0 Å². The van der Waals surface area contributed by atoms with Gasteiger partial charge in [-0.05, 0) is 6.42 Å². The summed E-state index contributed by atoms with van der Waals surface area (Å²) in [6.45, 7) is -0.661. The van der Waals surface area contributed by atoms with Crippen LogP contribution >= 0.6 is 25.3 Å². The van der Waals surface area contributed by atoms with E-state index in [9.17, 15) is 24.0 Å². The molecule has 0 saturated heterocycles. The summed E-state index contributed by atoms with van der Waals surface area (Å²) in [5, 5.41) is 15.4. The average molecular weight is 409 g/mol. The van der Waals surface area contributed by atoms with E-state index in [-0.39, 0.29) is 24.3 Å². The number of nitrogens with one attached hydrogen (secondary N) is 3. The van der Waals surface area contributed by atoms with E-state index in [2.05, 4.69) is 41.2 Å². The number of primary amides is 1. The molecule has 3 atom stereocenters. The molecular weight excluding hydrogens is 386 g/mol. The summed E-state index contributed by atoms with van der Waals surface area (Å²) in [5.74, 6) is -4.19. The Morgan fingerprint density at radius 1 is 0.923 bits per heavy atom. The maximum atomic E-state index is 12.3. The Hall–Kier alpha value is -1.99. The molecule has 4 amide bonds. The SMILES string of the molecule is NC(=O)CCC(NC(=O)C(CS)NC(=O)C(N)CS)C(=O)NCC(=O)O. The average Bonchev–Trinajstić information content (AvgIpc) is 2.59. The fourth-order valence-corrected chi connectivity index (χ4v) is 2.09. The largest absolute Gasteiger partial charge is 0.480 e. The van der Waals surface area contributed by atoms with Gasteiger partial charge in [-0.3, -0.25) is 24.0 Å². The van der Waals surface area contributed by atoms with Crippen molar-refractivity contribution in [3.63, 3.8) is 0 Å². The van der Waals surface area contributed by atoms with Gasteiger partial charge in [-0.25, -0.2) is 0 Å². The number of hydrogen-bond donors (Lipinski definition) is 8. The number of rotatable bonds is 12. The van der Waals surface area contributed by atoms with Crippen molar-refractivity contribution >= 4 is 54.9 Å². The van der Waals surface area contributed by atoms with Crippen LogP contribution in [-0.2, 0) is 24.0 Å². The van der Waals surface area contributed by atoms with Crippen molar-refractivity contribution in [1.29, 1.82) is 0 Å². The third kappa shape index (κ3) is 9.48. The third-order valence-corrected chi connectivity index (χ3v) is 3.83.